The number of aromatic nitrogens is 2. The highest BCUT2D eigenvalue weighted by Crippen LogP contribution is 2.47. The van der Waals surface area contributed by atoms with Crippen molar-refractivity contribution < 1.29 is 13.2 Å². The van der Waals surface area contributed by atoms with Crippen LogP contribution in [0.15, 0.2) is 11.0 Å². The number of rotatable bonds is 7. The second-order valence-electron chi connectivity index (χ2n) is 11.9. The summed E-state index contributed by atoms with van der Waals surface area (Å²) in [5, 5.41) is 0.174. The lowest BCUT2D eigenvalue weighted by Gasteiger charge is -2.39. The molecule has 2 rings (SSSR count). The van der Waals surface area contributed by atoms with Gasteiger partial charge in [-0.2, -0.15) is 4.98 Å². The van der Waals surface area contributed by atoms with Crippen LogP contribution in [0.3, 0.4) is 0 Å². The highest BCUT2D eigenvalue weighted by molar-refractivity contribution is 8.00. The van der Waals surface area contributed by atoms with Gasteiger partial charge in [0.1, 0.15) is 0 Å². The standard InChI is InChI=1S/C22H42FN3O3SSi2/c1-21(2,3)31(7,8)28-13-15-11-18(26-12-16(23)19(24)25-20(26)27)30-17(15)14-29-32(9,10)22(4,5)6/h12,15,17-18H,11,13-14H2,1-10H3,(H2,24,25,27)/t15-,17-,18?/m1/s1. The number of anilines is 1. The Hall–Kier alpha value is -0.686. The fraction of sp³-hybridized carbons (Fsp3) is 0.818. The molecule has 1 saturated heterocycles. The first-order valence-electron chi connectivity index (χ1n) is 11.3. The van der Waals surface area contributed by atoms with Crippen LogP contribution < -0.4 is 11.4 Å². The minimum Gasteiger partial charge on any atom is -0.417 e. The van der Waals surface area contributed by atoms with E-state index in [2.05, 4.69) is 72.7 Å². The number of nitrogens with zero attached hydrogens (tertiary/aromatic N) is 2. The lowest BCUT2D eigenvalue weighted by atomic mass is 10.0. The summed E-state index contributed by atoms with van der Waals surface area (Å²) in [6, 6.07) is 0. The van der Waals surface area contributed by atoms with Crippen LogP contribution >= 0.6 is 11.8 Å². The van der Waals surface area contributed by atoms with Gasteiger partial charge in [-0.25, -0.2) is 9.18 Å². The molecule has 1 aromatic heterocycles. The number of thioether (sulfide) groups is 1. The second-order valence-corrected chi connectivity index (χ2v) is 23.0. The molecule has 2 N–H and O–H groups in total. The highest BCUT2D eigenvalue weighted by Gasteiger charge is 2.43. The molecule has 32 heavy (non-hydrogen) atoms. The van der Waals surface area contributed by atoms with E-state index in [-0.39, 0.29) is 32.4 Å². The minimum atomic E-state index is -1.92. The third-order valence-corrected chi connectivity index (χ3v) is 18.1. The van der Waals surface area contributed by atoms with E-state index in [0.29, 0.717) is 19.6 Å². The first-order chi connectivity index (χ1) is 14.4. The molecule has 3 atom stereocenters. The maximum atomic E-state index is 14.1. The van der Waals surface area contributed by atoms with Crippen molar-refractivity contribution in [1.29, 1.82) is 0 Å². The summed E-state index contributed by atoms with van der Waals surface area (Å²) in [5.74, 6) is -0.818. The zero-order valence-electron chi connectivity index (χ0n) is 21.4. The molecule has 0 bridgehead atoms. The van der Waals surface area contributed by atoms with E-state index in [0.717, 1.165) is 0 Å². The topological polar surface area (TPSA) is 79.4 Å². The molecule has 0 saturated carbocycles. The van der Waals surface area contributed by atoms with E-state index in [9.17, 15) is 9.18 Å². The average molecular weight is 504 g/mol. The molecule has 2 heterocycles. The SMILES string of the molecule is CC(C)(C)[Si](C)(C)OC[C@H]1CC(n2cc(F)c(N)nc2=O)S[C@@H]1CO[Si](C)(C)C(C)(C)C. The van der Waals surface area contributed by atoms with Crippen LogP contribution in [0.1, 0.15) is 53.3 Å². The molecule has 1 aliphatic rings. The van der Waals surface area contributed by atoms with Gasteiger partial charge in [-0.3, -0.25) is 4.57 Å². The number of hydrogen-bond donors (Lipinski definition) is 1. The summed E-state index contributed by atoms with van der Waals surface area (Å²) in [6.07, 6.45) is 1.89. The van der Waals surface area contributed by atoms with Crippen molar-refractivity contribution in [3.05, 3.63) is 22.5 Å². The van der Waals surface area contributed by atoms with E-state index < -0.39 is 28.1 Å². The molecule has 0 amide bonds. The maximum Gasteiger partial charge on any atom is 0.350 e. The summed E-state index contributed by atoms with van der Waals surface area (Å²) in [4.78, 5) is 16.1. The van der Waals surface area contributed by atoms with Gasteiger partial charge in [0.2, 0.25) is 0 Å². The van der Waals surface area contributed by atoms with Crippen molar-refractivity contribution in [1.82, 2.24) is 9.55 Å². The molecular weight excluding hydrogens is 461 g/mol. The van der Waals surface area contributed by atoms with Gasteiger partial charge < -0.3 is 14.6 Å². The fourth-order valence-corrected chi connectivity index (χ4v) is 6.83. The summed E-state index contributed by atoms with van der Waals surface area (Å²) >= 11 is 1.66. The zero-order valence-corrected chi connectivity index (χ0v) is 24.2. The molecule has 0 aliphatic carbocycles. The summed E-state index contributed by atoms with van der Waals surface area (Å²) in [7, 11) is -3.84. The Bertz CT molecular complexity index is 827. The second kappa shape index (κ2) is 9.52. The number of nitrogens with two attached hydrogens (primary N) is 1. The van der Waals surface area contributed by atoms with E-state index in [1.807, 2.05) is 0 Å². The Labute approximate surface area is 199 Å². The molecular formula is C22H42FN3O3SSi2. The minimum absolute atomic E-state index is 0.115. The van der Waals surface area contributed by atoms with Crippen LogP contribution in [0.2, 0.25) is 36.3 Å². The maximum absolute atomic E-state index is 14.1. The summed E-state index contributed by atoms with van der Waals surface area (Å²) in [6.45, 7) is 23.6. The van der Waals surface area contributed by atoms with Crippen LogP contribution in [-0.4, -0.2) is 44.6 Å². The average Bonchev–Trinajstić information content (AvgIpc) is 3.02. The smallest absolute Gasteiger partial charge is 0.350 e. The molecule has 10 heteroatoms. The Kier molecular flexibility index (Phi) is 8.20. The van der Waals surface area contributed by atoms with Crippen LogP contribution in [0.5, 0.6) is 0 Å². The molecule has 1 unspecified atom stereocenters. The van der Waals surface area contributed by atoms with Crippen LogP contribution in [0.4, 0.5) is 10.2 Å². The predicted molar refractivity (Wildman–Crippen MR) is 138 cm³/mol. The molecule has 6 nitrogen and oxygen atoms in total. The summed E-state index contributed by atoms with van der Waals surface area (Å²) < 4.78 is 28.6. The Morgan fingerprint density at radius 1 is 1.09 bits per heavy atom. The number of halogens is 1. The third-order valence-electron chi connectivity index (χ3n) is 7.49. The molecule has 1 aromatic rings. The van der Waals surface area contributed by atoms with Gasteiger partial charge in [-0.15, -0.1) is 11.8 Å². The van der Waals surface area contributed by atoms with Gasteiger partial charge in [0, 0.05) is 24.7 Å². The van der Waals surface area contributed by atoms with E-state index in [1.54, 1.807) is 11.8 Å². The molecule has 0 spiro atoms. The summed E-state index contributed by atoms with van der Waals surface area (Å²) in [5.41, 5.74) is 4.96. The van der Waals surface area contributed by atoms with Crippen molar-refractivity contribution in [3.63, 3.8) is 0 Å². The fourth-order valence-electron chi connectivity index (χ4n) is 3.01. The van der Waals surface area contributed by atoms with E-state index >= 15 is 0 Å². The number of nitrogen functional groups attached to an aromatic ring is 1. The molecule has 1 aliphatic heterocycles. The quantitative estimate of drug-likeness (QED) is 0.486. The Morgan fingerprint density at radius 3 is 2.09 bits per heavy atom. The van der Waals surface area contributed by atoms with Gasteiger partial charge in [-0.05, 0) is 48.6 Å². The first-order valence-corrected chi connectivity index (χ1v) is 18.1. The predicted octanol–water partition coefficient (Wildman–Crippen LogP) is 5.63. The normalized spacial score (nSPS) is 23.0. The monoisotopic (exact) mass is 503 g/mol. The molecule has 184 valence electrons. The van der Waals surface area contributed by atoms with Crippen molar-refractivity contribution in [2.75, 3.05) is 18.9 Å². The van der Waals surface area contributed by atoms with Gasteiger partial charge in [0.15, 0.2) is 28.3 Å². The molecule has 0 aromatic carbocycles. The first kappa shape index (κ1) is 27.6. The van der Waals surface area contributed by atoms with Gasteiger partial charge in [-0.1, -0.05) is 41.5 Å². The van der Waals surface area contributed by atoms with Crippen LogP contribution in [0, 0.1) is 11.7 Å². The Balaban J connectivity index is 2.25. The number of hydrogen-bond acceptors (Lipinski definition) is 6. The van der Waals surface area contributed by atoms with Crippen molar-refractivity contribution in [2.24, 2.45) is 5.92 Å². The van der Waals surface area contributed by atoms with Gasteiger partial charge in [0.05, 0.1) is 5.37 Å². The van der Waals surface area contributed by atoms with Crippen molar-refractivity contribution in [2.45, 2.75) is 94.9 Å². The lowest BCUT2D eigenvalue weighted by Crippen LogP contribution is -2.44. The van der Waals surface area contributed by atoms with Crippen LogP contribution in [0.25, 0.3) is 0 Å². The third kappa shape index (κ3) is 6.25. The largest absolute Gasteiger partial charge is 0.417 e. The van der Waals surface area contributed by atoms with Crippen molar-refractivity contribution >= 4 is 34.2 Å². The van der Waals surface area contributed by atoms with Gasteiger partial charge >= 0.3 is 5.69 Å². The zero-order chi connectivity index (χ0) is 24.7. The van der Waals surface area contributed by atoms with E-state index in [1.165, 1.54) is 10.8 Å². The van der Waals surface area contributed by atoms with Crippen LogP contribution in [-0.2, 0) is 8.85 Å². The van der Waals surface area contributed by atoms with Gasteiger partial charge in [0.25, 0.3) is 0 Å². The van der Waals surface area contributed by atoms with Crippen molar-refractivity contribution in [3.8, 4) is 0 Å². The van der Waals surface area contributed by atoms with E-state index in [4.69, 9.17) is 14.6 Å². The lowest BCUT2D eigenvalue weighted by molar-refractivity contribution is 0.191. The highest BCUT2D eigenvalue weighted by atomic mass is 32.2. The molecule has 0 radical (unpaired) electrons. The Morgan fingerprint density at radius 2 is 1.59 bits per heavy atom. The molecule has 1 fully saturated rings.